The number of rotatable bonds is 5. The molecule has 1 aromatic carbocycles. The van der Waals surface area contributed by atoms with Gasteiger partial charge in [0.05, 0.1) is 7.11 Å². The molecular formula is C13H19NO2. The zero-order valence-electron chi connectivity index (χ0n) is 10.1. The summed E-state index contributed by atoms with van der Waals surface area (Å²) in [5.74, 6) is 1.01. The minimum Gasteiger partial charge on any atom is -0.497 e. The number of hydrogen-bond acceptors (Lipinski definition) is 2. The molecule has 0 bridgehead atoms. The fourth-order valence-corrected chi connectivity index (χ4v) is 1.33. The van der Waals surface area contributed by atoms with Gasteiger partial charge in [0.1, 0.15) is 5.75 Å². The first-order valence-corrected chi connectivity index (χ1v) is 5.54. The van der Waals surface area contributed by atoms with Crippen molar-refractivity contribution in [1.82, 2.24) is 5.32 Å². The molecule has 0 radical (unpaired) electrons. The molecule has 3 heteroatoms. The monoisotopic (exact) mass is 221 g/mol. The molecule has 1 amide bonds. The molecule has 0 fully saturated rings. The van der Waals surface area contributed by atoms with Crippen molar-refractivity contribution in [1.29, 1.82) is 0 Å². The molecule has 0 aliphatic heterocycles. The van der Waals surface area contributed by atoms with Crippen LogP contribution in [-0.4, -0.2) is 19.6 Å². The van der Waals surface area contributed by atoms with Crippen LogP contribution >= 0.6 is 0 Å². The predicted octanol–water partition coefficient (Wildman–Crippen LogP) is 2.01. The summed E-state index contributed by atoms with van der Waals surface area (Å²) in [7, 11) is 1.65. The lowest BCUT2D eigenvalue weighted by molar-refractivity contribution is -0.123. The van der Waals surface area contributed by atoms with Gasteiger partial charge in [-0.3, -0.25) is 4.79 Å². The number of carbonyl (C=O) groups excluding carboxylic acids is 1. The second kappa shape index (κ2) is 6.16. The van der Waals surface area contributed by atoms with Crippen LogP contribution in [0.2, 0.25) is 0 Å². The van der Waals surface area contributed by atoms with Gasteiger partial charge in [0, 0.05) is 12.5 Å². The first-order valence-electron chi connectivity index (χ1n) is 5.54. The predicted molar refractivity (Wildman–Crippen MR) is 64.5 cm³/mol. The van der Waals surface area contributed by atoms with Gasteiger partial charge in [0.25, 0.3) is 0 Å². The van der Waals surface area contributed by atoms with Crippen LogP contribution in [0.4, 0.5) is 0 Å². The van der Waals surface area contributed by atoms with Gasteiger partial charge in [-0.15, -0.1) is 0 Å². The normalized spacial score (nSPS) is 10.2. The van der Waals surface area contributed by atoms with Crippen LogP contribution in [0, 0.1) is 5.92 Å². The van der Waals surface area contributed by atoms with Gasteiger partial charge in [0.2, 0.25) is 5.91 Å². The standard InChI is InChI=1S/C13H19NO2/c1-10(2)13(15)14-9-8-11-4-6-12(16-3)7-5-11/h4-7,10H,8-9H2,1-3H3,(H,14,15). The topological polar surface area (TPSA) is 38.3 Å². The van der Waals surface area contributed by atoms with Crippen LogP contribution in [0.5, 0.6) is 5.75 Å². The summed E-state index contributed by atoms with van der Waals surface area (Å²) >= 11 is 0. The molecule has 0 saturated carbocycles. The molecule has 1 N–H and O–H groups in total. The van der Waals surface area contributed by atoms with Gasteiger partial charge in [-0.1, -0.05) is 26.0 Å². The van der Waals surface area contributed by atoms with Gasteiger partial charge in [0.15, 0.2) is 0 Å². The van der Waals surface area contributed by atoms with Crippen molar-refractivity contribution in [3.05, 3.63) is 29.8 Å². The second-order valence-electron chi connectivity index (χ2n) is 4.04. The lowest BCUT2D eigenvalue weighted by Gasteiger charge is -2.07. The van der Waals surface area contributed by atoms with Crippen LogP contribution in [-0.2, 0) is 11.2 Å². The molecule has 0 spiro atoms. The maximum Gasteiger partial charge on any atom is 0.222 e. The van der Waals surface area contributed by atoms with E-state index in [4.69, 9.17) is 4.74 Å². The van der Waals surface area contributed by atoms with Gasteiger partial charge >= 0.3 is 0 Å². The van der Waals surface area contributed by atoms with Gasteiger partial charge < -0.3 is 10.1 Å². The van der Waals surface area contributed by atoms with Crippen LogP contribution < -0.4 is 10.1 Å². The molecule has 1 rings (SSSR count). The Morgan fingerprint density at radius 2 is 1.94 bits per heavy atom. The molecular weight excluding hydrogens is 202 g/mol. The van der Waals surface area contributed by atoms with Crippen molar-refractivity contribution < 1.29 is 9.53 Å². The molecule has 16 heavy (non-hydrogen) atoms. The Morgan fingerprint density at radius 3 is 2.44 bits per heavy atom. The fourth-order valence-electron chi connectivity index (χ4n) is 1.33. The summed E-state index contributed by atoms with van der Waals surface area (Å²) in [6.45, 7) is 4.47. The van der Waals surface area contributed by atoms with Crippen LogP contribution in [0.1, 0.15) is 19.4 Å². The van der Waals surface area contributed by atoms with Crippen molar-refractivity contribution in [2.24, 2.45) is 5.92 Å². The smallest absolute Gasteiger partial charge is 0.222 e. The number of hydrogen-bond donors (Lipinski definition) is 1. The van der Waals surface area contributed by atoms with E-state index in [9.17, 15) is 4.79 Å². The molecule has 0 aliphatic rings. The Morgan fingerprint density at radius 1 is 1.31 bits per heavy atom. The summed E-state index contributed by atoms with van der Waals surface area (Å²) in [6, 6.07) is 7.89. The van der Waals surface area contributed by atoms with Gasteiger partial charge in [-0.25, -0.2) is 0 Å². The van der Waals surface area contributed by atoms with Crippen LogP contribution in [0.15, 0.2) is 24.3 Å². The number of methoxy groups -OCH3 is 1. The summed E-state index contributed by atoms with van der Waals surface area (Å²) in [4.78, 5) is 11.3. The quantitative estimate of drug-likeness (QED) is 0.826. The van der Waals surface area contributed by atoms with E-state index < -0.39 is 0 Å². The summed E-state index contributed by atoms with van der Waals surface area (Å²) in [6.07, 6.45) is 0.850. The van der Waals surface area contributed by atoms with E-state index in [-0.39, 0.29) is 11.8 Å². The third-order valence-electron chi connectivity index (χ3n) is 2.40. The Labute approximate surface area is 96.8 Å². The Balaban J connectivity index is 2.34. The summed E-state index contributed by atoms with van der Waals surface area (Å²) < 4.78 is 5.07. The second-order valence-corrected chi connectivity index (χ2v) is 4.04. The van der Waals surface area contributed by atoms with E-state index in [1.54, 1.807) is 7.11 Å². The number of benzene rings is 1. The lowest BCUT2D eigenvalue weighted by atomic mass is 10.1. The zero-order valence-corrected chi connectivity index (χ0v) is 10.1. The van der Waals surface area contributed by atoms with Crippen LogP contribution in [0.3, 0.4) is 0 Å². The van der Waals surface area contributed by atoms with E-state index in [0.29, 0.717) is 6.54 Å². The highest BCUT2D eigenvalue weighted by Crippen LogP contribution is 2.11. The minimum absolute atomic E-state index is 0.0517. The first-order chi connectivity index (χ1) is 7.63. The van der Waals surface area contributed by atoms with E-state index in [1.807, 2.05) is 38.1 Å². The van der Waals surface area contributed by atoms with Crippen molar-refractivity contribution in [3.63, 3.8) is 0 Å². The van der Waals surface area contributed by atoms with Crippen molar-refractivity contribution in [3.8, 4) is 5.75 Å². The number of amides is 1. The SMILES string of the molecule is COc1ccc(CCNC(=O)C(C)C)cc1. The van der Waals surface area contributed by atoms with Crippen LogP contribution in [0.25, 0.3) is 0 Å². The lowest BCUT2D eigenvalue weighted by Crippen LogP contribution is -2.29. The maximum absolute atomic E-state index is 11.3. The number of carbonyl (C=O) groups is 1. The maximum atomic E-state index is 11.3. The Kier molecular flexibility index (Phi) is 4.83. The molecule has 0 saturated heterocycles. The molecule has 0 unspecified atom stereocenters. The van der Waals surface area contributed by atoms with Crippen molar-refractivity contribution >= 4 is 5.91 Å². The largest absolute Gasteiger partial charge is 0.497 e. The fraction of sp³-hybridized carbons (Fsp3) is 0.462. The Bertz CT molecular complexity index is 330. The third kappa shape index (κ3) is 3.93. The minimum atomic E-state index is 0.0517. The van der Waals surface area contributed by atoms with E-state index in [0.717, 1.165) is 12.2 Å². The first kappa shape index (κ1) is 12.6. The van der Waals surface area contributed by atoms with Gasteiger partial charge in [-0.2, -0.15) is 0 Å². The third-order valence-corrected chi connectivity index (χ3v) is 2.40. The number of ether oxygens (including phenoxy) is 1. The van der Waals surface area contributed by atoms with E-state index >= 15 is 0 Å². The molecule has 3 nitrogen and oxygen atoms in total. The molecule has 0 aromatic heterocycles. The highest BCUT2D eigenvalue weighted by atomic mass is 16.5. The molecule has 88 valence electrons. The van der Waals surface area contributed by atoms with Gasteiger partial charge in [-0.05, 0) is 24.1 Å². The summed E-state index contributed by atoms with van der Waals surface area (Å²) in [5, 5.41) is 2.89. The Hall–Kier alpha value is -1.51. The average Bonchev–Trinajstić information content (AvgIpc) is 2.29. The summed E-state index contributed by atoms with van der Waals surface area (Å²) in [5.41, 5.74) is 1.20. The van der Waals surface area contributed by atoms with Crippen molar-refractivity contribution in [2.75, 3.05) is 13.7 Å². The van der Waals surface area contributed by atoms with Crippen molar-refractivity contribution in [2.45, 2.75) is 20.3 Å². The molecule has 0 atom stereocenters. The molecule has 0 aliphatic carbocycles. The highest BCUT2D eigenvalue weighted by molar-refractivity contribution is 5.77. The highest BCUT2D eigenvalue weighted by Gasteiger charge is 2.04. The van der Waals surface area contributed by atoms with E-state index in [2.05, 4.69) is 5.32 Å². The number of nitrogens with one attached hydrogen (secondary N) is 1. The molecule has 1 aromatic rings. The molecule has 0 heterocycles. The zero-order chi connectivity index (χ0) is 12.0. The average molecular weight is 221 g/mol. The van der Waals surface area contributed by atoms with E-state index in [1.165, 1.54) is 5.56 Å².